The molecule has 3 nitrogen and oxygen atoms in total. The number of benzene rings is 2. The molecule has 2 rings (SSSR count). The van der Waals surface area contributed by atoms with Crippen molar-refractivity contribution < 1.29 is 0 Å². The van der Waals surface area contributed by atoms with Gasteiger partial charge in [0.25, 0.3) is 0 Å². The summed E-state index contributed by atoms with van der Waals surface area (Å²) in [6.45, 7) is 5.21. The standard InChI is InChI=1S/C18H25N3/c1-4-14(2)21-18(19-3)20-12-11-15-9-10-16-7-5-6-8-17(16)13-15/h5-10,13-14H,4,11-12H2,1-3H3,(H2,19,20,21). The molecule has 1 atom stereocenters. The lowest BCUT2D eigenvalue weighted by Gasteiger charge is -2.16. The fraction of sp³-hybridized carbons (Fsp3) is 0.389. The maximum absolute atomic E-state index is 4.25. The van der Waals surface area contributed by atoms with Gasteiger partial charge < -0.3 is 10.6 Å². The zero-order chi connectivity index (χ0) is 15.1. The molecule has 0 saturated carbocycles. The molecule has 1 unspecified atom stereocenters. The van der Waals surface area contributed by atoms with Gasteiger partial charge >= 0.3 is 0 Å². The zero-order valence-electron chi connectivity index (χ0n) is 13.2. The fourth-order valence-corrected chi connectivity index (χ4v) is 2.25. The van der Waals surface area contributed by atoms with Crippen molar-refractivity contribution in [1.29, 1.82) is 0 Å². The molecule has 21 heavy (non-hydrogen) atoms. The van der Waals surface area contributed by atoms with Crippen molar-refractivity contribution in [3.8, 4) is 0 Å². The fourth-order valence-electron chi connectivity index (χ4n) is 2.25. The van der Waals surface area contributed by atoms with Crippen molar-refractivity contribution in [3.05, 3.63) is 48.0 Å². The average Bonchev–Trinajstić information content (AvgIpc) is 2.53. The van der Waals surface area contributed by atoms with Crippen LogP contribution in [-0.2, 0) is 6.42 Å². The van der Waals surface area contributed by atoms with Gasteiger partial charge in [-0.15, -0.1) is 0 Å². The Morgan fingerprint density at radius 3 is 2.62 bits per heavy atom. The zero-order valence-corrected chi connectivity index (χ0v) is 13.2. The van der Waals surface area contributed by atoms with Gasteiger partial charge in [0.15, 0.2) is 5.96 Å². The van der Waals surface area contributed by atoms with Crippen LogP contribution in [0.15, 0.2) is 47.5 Å². The third-order valence-corrected chi connectivity index (χ3v) is 3.74. The highest BCUT2D eigenvalue weighted by Gasteiger charge is 2.02. The first-order chi connectivity index (χ1) is 10.2. The number of hydrogen-bond donors (Lipinski definition) is 2. The summed E-state index contributed by atoms with van der Waals surface area (Å²) in [5.41, 5.74) is 1.35. The van der Waals surface area contributed by atoms with E-state index in [-0.39, 0.29) is 0 Å². The van der Waals surface area contributed by atoms with Crippen molar-refractivity contribution in [2.75, 3.05) is 13.6 Å². The number of fused-ring (bicyclic) bond motifs is 1. The maximum atomic E-state index is 4.25. The highest BCUT2D eigenvalue weighted by atomic mass is 15.2. The van der Waals surface area contributed by atoms with E-state index in [1.165, 1.54) is 16.3 Å². The van der Waals surface area contributed by atoms with Gasteiger partial charge in [-0.2, -0.15) is 0 Å². The molecule has 0 spiro atoms. The number of guanidine groups is 1. The van der Waals surface area contributed by atoms with Crippen molar-refractivity contribution in [3.63, 3.8) is 0 Å². The topological polar surface area (TPSA) is 36.4 Å². The van der Waals surface area contributed by atoms with E-state index in [0.717, 1.165) is 25.3 Å². The van der Waals surface area contributed by atoms with Crippen LogP contribution in [0.5, 0.6) is 0 Å². The second-order valence-corrected chi connectivity index (χ2v) is 5.38. The molecule has 0 radical (unpaired) electrons. The van der Waals surface area contributed by atoms with Gasteiger partial charge in [-0.3, -0.25) is 4.99 Å². The lowest BCUT2D eigenvalue weighted by atomic mass is 10.1. The SMILES string of the molecule is CCC(C)NC(=NC)NCCc1ccc2ccccc2c1. The number of hydrogen-bond acceptors (Lipinski definition) is 1. The molecule has 0 aliphatic carbocycles. The normalized spacial score (nSPS) is 13.2. The monoisotopic (exact) mass is 283 g/mol. The number of nitrogens with one attached hydrogen (secondary N) is 2. The van der Waals surface area contributed by atoms with E-state index >= 15 is 0 Å². The van der Waals surface area contributed by atoms with E-state index in [1.807, 2.05) is 7.05 Å². The summed E-state index contributed by atoms with van der Waals surface area (Å²) in [7, 11) is 1.81. The molecule has 0 amide bonds. The van der Waals surface area contributed by atoms with Gasteiger partial charge in [0.05, 0.1) is 0 Å². The lowest BCUT2D eigenvalue weighted by Crippen LogP contribution is -2.42. The van der Waals surface area contributed by atoms with E-state index in [4.69, 9.17) is 0 Å². The minimum Gasteiger partial charge on any atom is -0.356 e. The van der Waals surface area contributed by atoms with Crippen LogP contribution in [0.2, 0.25) is 0 Å². The smallest absolute Gasteiger partial charge is 0.191 e. The third kappa shape index (κ3) is 4.48. The van der Waals surface area contributed by atoms with Gasteiger partial charge in [0.2, 0.25) is 0 Å². The van der Waals surface area contributed by atoms with Crippen LogP contribution in [0.4, 0.5) is 0 Å². The van der Waals surface area contributed by atoms with Crippen molar-refractivity contribution >= 4 is 16.7 Å². The van der Waals surface area contributed by atoms with E-state index < -0.39 is 0 Å². The minimum absolute atomic E-state index is 0.442. The lowest BCUT2D eigenvalue weighted by molar-refractivity contribution is 0.624. The summed E-state index contributed by atoms with van der Waals surface area (Å²) in [4.78, 5) is 4.25. The van der Waals surface area contributed by atoms with Crippen molar-refractivity contribution in [1.82, 2.24) is 10.6 Å². The molecule has 0 aromatic heterocycles. The Kier molecular flexibility index (Phi) is 5.61. The largest absolute Gasteiger partial charge is 0.356 e. The average molecular weight is 283 g/mol. The molecule has 3 heteroatoms. The summed E-state index contributed by atoms with van der Waals surface area (Å²) in [5.74, 6) is 0.880. The van der Waals surface area contributed by atoms with Gasteiger partial charge in [0.1, 0.15) is 0 Å². The second-order valence-electron chi connectivity index (χ2n) is 5.38. The first-order valence-corrected chi connectivity index (χ1v) is 7.67. The Balaban J connectivity index is 1.89. The molecule has 0 aliphatic rings. The molecule has 112 valence electrons. The summed E-state index contributed by atoms with van der Waals surface area (Å²) >= 11 is 0. The van der Waals surface area contributed by atoms with Crippen molar-refractivity contribution in [2.24, 2.45) is 4.99 Å². The summed E-state index contributed by atoms with van der Waals surface area (Å²) < 4.78 is 0. The van der Waals surface area contributed by atoms with E-state index in [2.05, 4.69) is 71.9 Å². The van der Waals surface area contributed by atoms with Crippen LogP contribution in [-0.4, -0.2) is 25.6 Å². The molecule has 2 N–H and O–H groups in total. The van der Waals surface area contributed by atoms with Crippen molar-refractivity contribution in [2.45, 2.75) is 32.7 Å². The highest BCUT2D eigenvalue weighted by molar-refractivity contribution is 5.83. The van der Waals surface area contributed by atoms with Crippen LogP contribution in [0.1, 0.15) is 25.8 Å². The Hall–Kier alpha value is -2.03. The number of nitrogens with zero attached hydrogens (tertiary/aromatic N) is 1. The molecular weight excluding hydrogens is 258 g/mol. The number of rotatable bonds is 5. The Morgan fingerprint density at radius 1 is 1.14 bits per heavy atom. The van der Waals surface area contributed by atoms with E-state index in [0.29, 0.717) is 6.04 Å². The Labute approximate surface area is 127 Å². The molecule has 0 saturated heterocycles. The van der Waals surface area contributed by atoms with Crippen LogP contribution in [0, 0.1) is 0 Å². The van der Waals surface area contributed by atoms with Gasteiger partial charge in [-0.05, 0) is 36.1 Å². The predicted molar refractivity (Wildman–Crippen MR) is 91.9 cm³/mol. The summed E-state index contributed by atoms with van der Waals surface area (Å²) in [5, 5.41) is 9.34. The Bertz CT molecular complexity index is 604. The van der Waals surface area contributed by atoms with Crippen LogP contribution >= 0.6 is 0 Å². The quantitative estimate of drug-likeness (QED) is 0.652. The molecule has 0 bridgehead atoms. The summed E-state index contributed by atoms with van der Waals surface area (Å²) in [6.07, 6.45) is 2.08. The predicted octanol–water partition coefficient (Wildman–Crippen LogP) is 3.35. The summed E-state index contributed by atoms with van der Waals surface area (Å²) in [6, 6.07) is 15.6. The van der Waals surface area contributed by atoms with Crippen LogP contribution in [0.25, 0.3) is 10.8 Å². The van der Waals surface area contributed by atoms with Crippen LogP contribution < -0.4 is 10.6 Å². The maximum Gasteiger partial charge on any atom is 0.191 e. The molecular formula is C18H25N3. The third-order valence-electron chi connectivity index (χ3n) is 3.74. The molecule has 0 heterocycles. The number of aliphatic imine (C=N–C) groups is 1. The first kappa shape index (κ1) is 15.4. The van der Waals surface area contributed by atoms with Gasteiger partial charge in [-0.25, -0.2) is 0 Å². The van der Waals surface area contributed by atoms with Gasteiger partial charge in [0, 0.05) is 19.6 Å². The molecule has 0 aliphatic heterocycles. The second kappa shape index (κ2) is 7.67. The van der Waals surface area contributed by atoms with E-state index in [1.54, 1.807) is 0 Å². The van der Waals surface area contributed by atoms with Gasteiger partial charge in [-0.1, -0.05) is 49.4 Å². The highest BCUT2D eigenvalue weighted by Crippen LogP contribution is 2.15. The van der Waals surface area contributed by atoms with Crippen LogP contribution in [0.3, 0.4) is 0 Å². The van der Waals surface area contributed by atoms with E-state index in [9.17, 15) is 0 Å². The Morgan fingerprint density at radius 2 is 1.90 bits per heavy atom. The molecule has 2 aromatic carbocycles. The molecule has 0 fully saturated rings. The molecule has 2 aromatic rings. The first-order valence-electron chi connectivity index (χ1n) is 7.67. The minimum atomic E-state index is 0.442.